The van der Waals surface area contributed by atoms with Crippen LogP contribution in [0.5, 0.6) is 6.01 Å². The van der Waals surface area contributed by atoms with Crippen molar-refractivity contribution in [2.75, 3.05) is 33.3 Å². The standard InChI is InChI=1S/C18H23N5O2/c1-21-18(25-2)19-16(20-21)13-5-3-6-14(11-13)17(24)23-10-9-22-8-4-7-15(22)12-23/h3,5-6,11,15H,4,7-10,12H2,1-2H3. The molecule has 1 unspecified atom stereocenters. The highest BCUT2D eigenvalue weighted by atomic mass is 16.5. The van der Waals surface area contributed by atoms with Gasteiger partial charge in [0.1, 0.15) is 0 Å². The van der Waals surface area contributed by atoms with E-state index in [1.807, 2.05) is 29.2 Å². The van der Waals surface area contributed by atoms with Crippen LogP contribution in [0.1, 0.15) is 23.2 Å². The summed E-state index contributed by atoms with van der Waals surface area (Å²) in [5, 5.41) is 4.36. The van der Waals surface area contributed by atoms with Crippen molar-refractivity contribution < 1.29 is 9.53 Å². The van der Waals surface area contributed by atoms with Gasteiger partial charge in [-0.25, -0.2) is 4.68 Å². The Morgan fingerprint density at radius 1 is 1.28 bits per heavy atom. The molecule has 1 atom stereocenters. The summed E-state index contributed by atoms with van der Waals surface area (Å²) in [6, 6.07) is 8.52. The molecule has 2 aliphatic rings. The topological polar surface area (TPSA) is 63.5 Å². The lowest BCUT2D eigenvalue weighted by Gasteiger charge is -2.37. The number of aryl methyl sites for hydroxylation is 1. The van der Waals surface area contributed by atoms with Crippen LogP contribution in [0, 0.1) is 0 Å². The van der Waals surface area contributed by atoms with Crippen molar-refractivity contribution in [2.24, 2.45) is 7.05 Å². The number of fused-ring (bicyclic) bond motifs is 1. The largest absolute Gasteiger partial charge is 0.467 e. The Bertz CT molecular complexity index is 788. The number of carbonyl (C=O) groups excluding carboxylic acids is 1. The zero-order valence-electron chi connectivity index (χ0n) is 14.7. The minimum absolute atomic E-state index is 0.0938. The average molecular weight is 341 g/mol. The maximum atomic E-state index is 12.9. The number of aromatic nitrogens is 3. The molecule has 25 heavy (non-hydrogen) atoms. The third-order valence-electron chi connectivity index (χ3n) is 5.15. The number of hydrogen-bond acceptors (Lipinski definition) is 5. The number of ether oxygens (including phenoxy) is 1. The van der Waals surface area contributed by atoms with Gasteiger partial charge in [-0.3, -0.25) is 9.69 Å². The predicted molar refractivity (Wildman–Crippen MR) is 93.5 cm³/mol. The summed E-state index contributed by atoms with van der Waals surface area (Å²) in [5.74, 6) is 0.658. The van der Waals surface area contributed by atoms with Gasteiger partial charge >= 0.3 is 6.01 Å². The predicted octanol–water partition coefficient (Wildman–Crippen LogP) is 1.41. The Morgan fingerprint density at radius 3 is 2.96 bits per heavy atom. The molecule has 2 fully saturated rings. The van der Waals surface area contributed by atoms with Crippen molar-refractivity contribution in [1.29, 1.82) is 0 Å². The molecule has 4 rings (SSSR count). The normalized spacial score (nSPS) is 20.6. The first-order valence-corrected chi connectivity index (χ1v) is 8.74. The molecule has 0 bridgehead atoms. The molecule has 0 radical (unpaired) electrons. The second-order valence-electron chi connectivity index (χ2n) is 6.71. The molecule has 1 aromatic heterocycles. The molecule has 1 amide bonds. The zero-order valence-corrected chi connectivity index (χ0v) is 14.7. The molecule has 2 aromatic rings. The Morgan fingerprint density at radius 2 is 2.16 bits per heavy atom. The van der Waals surface area contributed by atoms with Gasteiger partial charge in [-0.15, -0.1) is 5.10 Å². The lowest BCUT2D eigenvalue weighted by atomic mass is 10.1. The van der Waals surface area contributed by atoms with E-state index in [4.69, 9.17) is 4.74 Å². The molecule has 7 heteroatoms. The summed E-state index contributed by atoms with van der Waals surface area (Å²) in [6.45, 7) is 3.79. The van der Waals surface area contributed by atoms with Gasteiger partial charge in [0.05, 0.1) is 7.11 Å². The van der Waals surface area contributed by atoms with Gasteiger partial charge in [0.25, 0.3) is 5.91 Å². The second kappa shape index (κ2) is 6.48. The zero-order chi connectivity index (χ0) is 17.4. The minimum Gasteiger partial charge on any atom is -0.467 e. The first-order chi connectivity index (χ1) is 12.2. The summed E-state index contributed by atoms with van der Waals surface area (Å²) >= 11 is 0. The maximum absolute atomic E-state index is 12.9. The lowest BCUT2D eigenvalue weighted by Crippen LogP contribution is -2.52. The van der Waals surface area contributed by atoms with Crippen LogP contribution in [-0.2, 0) is 7.05 Å². The number of piperazine rings is 1. The highest BCUT2D eigenvalue weighted by Crippen LogP contribution is 2.24. The SMILES string of the molecule is COc1nc(-c2cccc(C(=O)N3CCN4CCCC4C3)c2)nn1C. The smallest absolute Gasteiger partial charge is 0.314 e. The van der Waals surface area contributed by atoms with E-state index in [1.165, 1.54) is 19.4 Å². The quantitative estimate of drug-likeness (QED) is 0.845. The first-order valence-electron chi connectivity index (χ1n) is 8.74. The Labute approximate surface area is 147 Å². The molecule has 0 N–H and O–H groups in total. The van der Waals surface area contributed by atoms with E-state index >= 15 is 0 Å². The van der Waals surface area contributed by atoms with Gasteiger partial charge in [0.15, 0.2) is 5.82 Å². The van der Waals surface area contributed by atoms with Crippen molar-refractivity contribution >= 4 is 5.91 Å². The number of benzene rings is 1. The summed E-state index contributed by atoms with van der Waals surface area (Å²) in [4.78, 5) is 21.8. The van der Waals surface area contributed by atoms with Crippen LogP contribution < -0.4 is 4.74 Å². The Hall–Kier alpha value is -2.41. The van der Waals surface area contributed by atoms with Crippen LogP contribution >= 0.6 is 0 Å². The average Bonchev–Trinajstić information content (AvgIpc) is 3.26. The third-order valence-corrected chi connectivity index (χ3v) is 5.15. The van der Waals surface area contributed by atoms with Gasteiger partial charge in [0, 0.05) is 43.9 Å². The summed E-state index contributed by atoms with van der Waals surface area (Å²) in [7, 11) is 3.35. The Balaban J connectivity index is 1.55. The number of methoxy groups -OCH3 is 1. The molecular formula is C18H23N5O2. The van der Waals surface area contributed by atoms with Crippen molar-refractivity contribution in [3.63, 3.8) is 0 Å². The molecule has 0 spiro atoms. The summed E-state index contributed by atoms with van der Waals surface area (Å²) in [5.41, 5.74) is 1.51. The molecule has 132 valence electrons. The lowest BCUT2D eigenvalue weighted by molar-refractivity contribution is 0.0571. The highest BCUT2D eigenvalue weighted by Gasteiger charge is 2.32. The van der Waals surface area contributed by atoms with E-state index in [-0.39, 0.29) is 5.91 Å². The molecule has 3 heterocycles. The van der Waals surface area contributed by atoms with Gasteiger partial charge < -0.3 is 9.64 Å². The van der Waals surface area contributed by atoms with Crippen molar-refractivity contribution in [3.8, 4) is 17.4 Å². The monoisotopic (exact) mass is 341 g/mol. The molecule has 7 nitrogen and oxygen atoms in total. The minimum atomic E-state index is 0.0938. The molecule has 0 saturated carbocycles. The first kappa shape index (κ1) is 16.1. The van der Waals surface area contributed by atoms with Crippen LogP contribution in [0.4, 0.5) is 0 Å². The van der Waals surface area contributed by atoms with Crippen LogP contribution in [0.15, 0.2) is 24.3 Å². The fourth-order valence-electron chi connectivity index (χ4n) is 3.82. The molecular weight excluding hydrogens is 318 g/mol. The van der Waals surface area contributed by atoms with Crippen molar-refractivity contribution in [3.05, 3.63) is 29.8 Å². The van der Waals surface area contributed by atoms with E-state index in [2.05, 4.69) is 15.0 Å². The molecule has 2 saturated heterocycles. The summed E-state index contributed by atoms with van der Waals surface area (Å²) in [6.07, 6.45) is 2.44. The van der Waals surface area contributed by atoms with Crippen molar-refractivity contribution in [1.82, 2.24) is 24.6 Å². The number of rotatable bonds is 3. The number of carbonyl (C=O) groups is 1. The fourth-order valence-corrected chi connectivity index (χ4v) is 3.82. The molecule has 1 aromatic carbocycles. The van der Waals surface area contributed by atoms with Gasteiger partial charge in [0.2, 0.25) is 0 Å². The van der Waals surface area contributed by atoms with Crippen molar-refractivity contribution in [2.45, 2.75) is 18.9 Å². The fraction of sp³-hybridized carbons (Fsp3) is 0.500. The van der Waals surface area contributed by atoms with Crippen LogP contribution in [0.2, 0.25) is 0 Å². The van der Waals surface area contributed by atoms with Crippen LogP contribution in [-0.4, -0.2) is 69.8 Å². The van der Waals surface area contributed by atoms with E-state index in [0.717, 1.165) is 25.2 Å². The van der Waals surface area contributed by atoms with Crippen LogP contribution in [0.25, 0.3) is 11.4 Å². The number of amides is 1. The van der Waals surface area contributed by atoms with Gasteiger partial charge in [-0.2, -0.15) is 4.98 Å². The second-order valence-corrected chi connectivity index (χ2v) is 6.71. The molecule has 2 aliphatic heterocycles. The van der Waals surface area contributed by atoms with Crippen LogP contribution in [0.3, 0.4) is 0 Å². The van der Waals surface area contributed by atoms with Gasteiger partial charge in [-0.05, 0) is 31.5 Å². The third kappa shape index (κ3) is 3.00. The summed E-state index contributed by atoms with van der Waals surface area (Å²) < 4.78 is 6.76. The highest BCUT2D eigenvalue weighted by molar-refractivity contribution is 5.95. The Kier molecular flexibility index (Phi) is 4.17. The number of hydrogen-bond donors (Lipinski definition) is 0. The van der Waals surface area contributed by atoms with E-state index in [0.29, 0.717) is 23.4 Å². The number of nitrogens with zero attached hydrogens (tertiary/aromatic N) is 5. The van der Waals surface area contributed by atoms with E-state index in [9.17, 15) is 4.79 Å². The van der Waals surface area contributed by atoms with Gasteiger partial charge in [-0.1, -0.05) is 12.1 Å². The maximum Gasteiger partial charge on any atom is 0.314 e. The van der Waals surface area contributed by atoms with E-state index < -0.39 is 0 Å². The van der Waals surface area contributed by atoms with E-state index in [1.54, 1.807) is 18.8 Å². The molecule has 0 aliphatic carbocycles.